The third-order valence-electron chi connectivity index (χ3n) is 2.52. The highest BCUT2D eigenvalue weighted by atomic mass is 79.9. The molecule has 0 aliphatic rings. The van der Waals surface area contributed by atoms with Gasteiger partial charge in [-0.25, -0.2) is 0 Å². The number of rotatable bonds is 3. The van der Waals surface area contributed by atoms with Gasteiger partial charge < -0.3 is 10.3 Å². The molecular weight excluding hydrogens is 376 g/mol. The third kappa shape index (κ3) is 3.33. The van der Waals surface area contributed by atoms with Gasteiger partial charge >= 0.3 is 0 Å². The summed E-state index contributed by atoms with van der Waals surface area (Å²) in [5.41, 5.74) is 1.69. The Morgan fingerprint density at radius 3 is 2.26 bits per heavy atom. The number of halogens is 2. The highest BCUT2D eigenvalue weighted by Gasteiger charge is 2.11. The number of carbonyl (C=O) groups is 2. The molecule has 0 fully saturated rings. The van der Waals surface area contributed by atoms with Gasteiger partial charge in [0.15, 0.2) is 5.78 Å². The van der Waals surface area contributed by atoms with Gasteiger partial charge in [-0.1, -0.05) is 0 Å². The van der Waals surface area contributed by atoms with Crippen molar-refractivity contribution in [1.82, 2.24) is 4.98 Å². The Balaban J connectivity index is 2.12. The minimum Gasteiger partial charge on any atom is -0.344 e. The number of H-pyrrole nitrogens is 1. The van der Waals surface area contributed by atoms with Crippen LogP contribution in [-0.2, 0) is 0 Å². The Morgan fingerprint density at radius 2 is 1.79 bits per heavy atom. The molecule has 0 bridgehead atoms. The minimum atomic E-state index is -0.248. The Hall–Kier alpha value is -1.40. The normalized spacial score (nSPS) is 10.3. The molecule has 0 aliphatic heterocycles. The number of hydrogen-bond donors (Lipinski definition) is 2. The quantitative estimate of drug-likeness (QED) is 0.784. The van der Waals surface area contributed by atoms with Gasteiger partial charge in [0.05, 0.1) is 9.08 Å². The summed E-state index contributed by atoms with van der Waals surface area (Å²) in [6.07, 6.45) is 0. The highest BCUT2D eigenvalue weighted by Crippen LogP contribution is 2.23. The summed E-state index contributed by atoms with van der Waals surface area (Å²) in [5, 5.41) is 2.74. The highest BCUT2D eigenvalue weighted by molar-refractivity contribution is 9.13. The summed E-state index contributed by atoms with van der Waals surface area (Å²) in [4.78, 5) is 26.0. The van der Waals surface area contributed by atoms with Crippen molar-refractivity contribution in [3.8, 4) is 0 Å². The van der Waals surface area contributed by atoms with Crippen LogP contribution in [0.15, 0.2) is 39.4 Å². The average molecular weight is 386 g/mol. The fourth-order valence-electron chi connectivity index (χ4n) is 1.51. The Bertz CT molecular complexity index is 613. The lowest BCUT2D eigenvalue weighted by Crippen LogP contribution is -2.12. The number of Topliss-reactive ketones (excluding diaryl/α,β-unsaturated/α-hetero) is 1. The number of hydrogen-bond acceptors (Lipinski definition) is 2. The smallest absolute Gasteiger partial charge is 0.272 e. The second-order valence-corrected chi connectivity index (χ2v) is 5.58. The van der Waals surface area contributed by atoms with Gasteiger partial charge in [0.25, 0.3) is 5.91 Å². The van der Waals surface area contributed by atoms with Crippen LogP contribution in [0.1, 0.15) is 27.8 Å². The maximum absolute atomic E-state index is 11.9. The van der Waals surface area contributed by atoms with E-state index in [0.29, 0.717) is 21.5 Å². The van der Waals surface area contributed by atoms with Crippen molar-refractivity contribution in [2.45, 2.75) is 6.92 Å². The summed E-state index contributed by atoms with van der Waals surface area (Å²) in [6, 6.07) is 8.43. The molecule has 1 amide bonds. The monoisotopic (exact) mass is 384 g/mol. The van der Waals surface area contributed by atoms with E-state index in [4.69, 9.17) is 0 Å². The van der Waals surface area contributed by atoms with E-state index in [2.05, 4.69) is 42.2 Å². The van der Waals surface area contributed by atoms with E-state index in [1.807, 2.05) is 0 Å². The second-order valence-electron chi connectivity index (χ2n) is 3.93. The third-order valence-corrected chi connectivity index (χ3v) is 4.30. The molecule has 0 saturated carbocycles. The maximum Gasteiger partial charge on any atom is 0.272 e. The number of aromatic nitrogens is 1. The molecule has 4 nitrogen and oxygen atoms in total. The van der Waals surface area contributed by atoms with Crippen LogP contribution in [0.4, 0.5) is 5.69 Å². The van der Waals surface area contributed by atoms with E-state index in [9.17, 15) is 9.59 Å². The molecule has 0 aliphatic carbocycles. The molecule has 2 N–H and O–H groups in total. The standard InChI is InChI=1S/C13H10Br2N2O2/c1-7(18)8-2-4-9(5-3-8)16-13(19)11-6-10(14)12(15)17-11/h2-6,17H,1H3,(H,16,19). The fourth-order valence-corrected chi connectivity index (χ4v) is 2.17. The van der Waals surface area contributed by atoms with Crippen molar-refractivity contribution in [3.05, 3.63) is 50.7 Å². The second kappa shape index (κ2) is 5.71. The average Bonchev–Trinajstić information content (AvgIpc) is 2.70. The van der Waals surface area contributed by atoms with E-state index in [1.54, 1.807) is 30.3 Å². The van der Waals surface area contributed by atoms with Gasteiger partial charge in [0.2, 0.25) is 0 Å². The molecule has 19 heavy (non-hydrogen) atoms. The molecule has 1 aromatic heterocycles. The van der Waals surface area contributed by atoms with Crippen molar-refractivity contribution in [2.75, 3.05) is 5.32 Å². The van der Waals surface area contributed by atoms with Crippen LogP contribution in [0.3, 0.4) is 0 Å². The number of benzene rings is 1. The summed E-state index contributed by atoms with van der Waals surface area (Å²) < 4.78 is 1.49. The van der Waals surface area contributed by atoms with Crippen LogP contribution in [-0.4, -0.2) is 16.7 Å². The molecule has 0 radical (unpaired) electrons. The SMILES string of the molecule is CC(=O)c1ccc(NC(=O)c2cc(Br)c(Br)[nH]2)cc1. The number of anilines is 1. The Morgan fingerprint density at radius 1 is 1.16 bits per heavy atom. The number of nitrogens with one attached hydrogen (secondary N) is 2. The first kappa shape index (κ1) is 14.0. The zero-order chi connectivity index (χ0) is 14.0. The molecule has 0 saturated heterocycles. The Labute approximate surface area is 126 Å². The van der Waals surface area contributed by atoms with Gasteiger partial charge in [-0.05, 0) is 69.1 Å². The van der Waals surface area contributed by atoms with E-state index < -0.39 is 0 Å². The zero-order valence-corrected chi connectivity index (χ0v) is 13.1. The van der Waals surface area contributed by atoms with Crippen molar-refractivity contribution in [2.24, 2.45) is 0 Å². The molecule has 2 rings (SSSR count). The van der Waals surface area contributed by atoms with Crippen LogP contribution in [0.25, 0.3) is 0 Å². The number of carbonyl (C=O) groups excluding carboxylic acids is 2. The van der Waals surface area contributed by atoms with Crippen LogP contribution in [0.2, 0.25) is 0 Å². The summed E-state index contributed by atoms with van der Waals surface area (Å²) in [5.74, 6) is -0.253. The van der Waals surface area contributed by atoms with E-state index >= 15 is 0 Å². The molecule has 0 atom stereocenters. The lowest BCUT2D eigenvalue weighted by Gasteiger charge is -2.04. The molecule has 2 aromatic rings. The fraction of sp³-hybridized carbons (Fsp3) is 0.0769. The van der Waals surface area contributed by atoms with Crippen LogP contribution in [0, 0.1) is 0 Å². The van der Waals surface area contributed by atoms with Crippen molar-refractivity contribution in [1.29, 1.82) is 0 Å². The summed E-state index contributed by atoms with van der Waals surface area (Å²) in [6.45, 7) is 1.50. The van der Waals surface area contributed by atoms with Crippen molar-refractivity contribution in [3.63, 3.8) is 0 Å². The lowest BCUT2D eigenvalue weighted by atomic mass is 10.1. The molecule has 0 spiro atoms. The van der Waals surface area contributed by atoms with E-state index in [1.165, 1.54) is 6.92 Å². The molecule has 1 aromatic carbocycles. The van der Waals surface area contributed by atoms with Gasteiger partial charge in [-0.3, -0.25) is 9.59 Å². The molecule has 6 heteroatoms. The molecule has 0 unspecified atom stereocenters. The summed E-state index contributed by atoms with van der Waals surface area (Å²) >= 11 is 6.57. The first-order valence-electron chi connectivity index (χ1n) is 5.43. The Kier molecular flexibility index (Phi) is 4.21. The summed E-state index contributed by atoms with van der Waals surface area (Å²) in [7, 11) is 0. The van der Waals surface area contributed by atoms with Crippen LogP contribution in [0.5, 0.6) is 0 Å². The molecule has 98 valence electrons. The van der Waals surface area contributed by atoms with E-state index in [0.717, 1.165) is 4.47 Å². The van der Waals surface area contributed by atoms with Gasteiger partial charge in [0, 0.05) is 11.3 Å². The maximum atomic E-state index is 11.9. The van der Waals surface area contributed by atoms with Crippen LogP contribution < -0.4 is 5.32 Å². The predicted molar refractivity (Wildman–Crippen MR) is 80.6 cm³/mol. The van der Waals surface area contributed by atoms with Crippen molar-refractivity contribution < 1.29 is 9.59 Å². The predicted octanol–water partition coefficient (Wildman–Crippen LogP) is 3.99. The number of ketones is 1. The number of amides is 1. The minimum absolute atomic E-state index is 0.00453. The van der Waals surface area contributed by atoms with Gasteiger partial charge in [0.1, 0.15) is 5.69 Å². The lowest BCUT2D eigenvalue weighted by molar-refractivity contribution is 0.101. The first-order chi connectivity index (χ1) is 8.97. The van der Waals surface area contributed by atoms with Crippen LogP contribution >= 0.6 is 31.9 Å². The largest absolute Gasteiger partial charge is 0.344 e. The molecular formula is C13H10Br2N2O2. The van der Waals surface area contributed by atoms with E-state index in [-0.39, 0.29) is 11.7 Å². The van der Waals surface area contributed by atoms with Gasteiger partial charge in [-0.2, -0.15) is 0 Å². The molecule has 1 heterocycles. The zero-order valence-electron chi connectivity index (χ0n) is 9.96. The number of aromatic amines is 1. The van der Waals surface area contributed by atoms with Gasteiger partial charge in [-0.15, -0.1) is 0 Å². The topological polar surface area (TPSA) is 62.0 Å². The first-order valence-corrected chi connectivity index (χ1v) is 7.02. The van der Waals surface area contributed by atoms with Crippen molar-refractivity contribution >= 4 is 49.2 Å².